The smallest absolute Gasteiger partial charge is 0.0965 e. The molecule has 0 amide bonds. The number of rotatable bonds is 4. The molecule has 0 bridgehead atoms. The normalized spacial score (nSPS) is 13.2. The van der Waals surface area contributed by atoms with E-state index < -0.39 is 0 Å². The van der Waals surface area contributed by atoms with Gasteiger partial charge in [0.1, 0.15) is 0 Å². The molecule has 3 heteroatoms. The van der Waals surface area contributed by atoms with Crippen molar-refractivity contribution in [3.8, 4) is 0 Å². The second-order valence-electron chi connectivity index (χ2n) is 3.99. The maximum atomic E-state index is 5.52. The third kappa shape index (κ3) is 1.84. The molecule has 0 fully saturated rings. The van der Waals surface area contributed by atoms with E-state index in [0.29, 0.717) is 0 Å². The number of para-hydroxylation sites is 1. The Morgan fingerprint density at radius 3 is 2.81 bits per heavy atom. The van der Waals surface area contributed by atoms with E-state index in [-0.39, 0.29) is 6.10 Å². The van der Waals surface area contributed by atoms with Crippen molar-refractivity contribution in [1.82, 2.24) is 9.88 Å². The standard InChI is InChI=1S/C13H18N2O/c1-14-8-13(16-3)11-9-15(2)12-7-5-4-6-10(11)12/h4-7,9,13-14H,8H2,1-3H3. The summed E-state index contributed by atoms with van der Waals surface area (Å²) in [5, 5.41) is 4.43. The van der Waals surface area contributed by atoms with Gasteiger partial charge in [-0.15, -0.1) is 0 Å². The number of benzene rings is 1. The summed E-state index contributed by atoms with van der Waals surface area (Å²) >= 11 is 0. The average molecular weight is 218 g/mol. The number of aromatic nitrogens is 1. The van der Waals surface area contributed by atoms with Crippen molar-refractivity contribution >= 4 is 10.9 Å². The van der Waals surface area contributed by atoms with Crippen molar-refractivity contribution in [3.63, 3.8) is 0 Å². The molecule has 0 spiro atoms. The van der Waals surface area contributed by atoms with Gasteiger partial charge < -0.3 is 14.6 Å². The second-order valence-corrected chi connectivity index (χ2v) is 3.99. The lowest BCUT2D eigenvalue weighted by molar-refractivity contribution is 0.105. The van der Waals surface area contributed by atoms with Crippen LogP contribution in [-0.2, 0) is 11.8 Å². The Bertz CT molecular complexity index is 476. The lowest BCUT2D eigenvalue weighted by atomic mass is 10.1. The number of ether oxygens (including phenoxy) is 1. The topological polar surface area (TPSA) is 26.2 Å². The van der Waals surface area contributed by atoms with Gasteiger partial charge in [0.25, 0.3) is 0 Å². The predicted octanol–water partition coefficient (Wildman–Crippen LogP) is 2.09. The molecule has 2 aromatic rings. The highest BCUT2D eigenvalue weighted by Gasteiger charge is 2.15. The van der Waals surface area contributed by atoms with Gasteiger partial charge in [-0.05, 0) is 13.1 Å². The van der Waals surface area contributed by atoms with Crippen molar-refractivity contribution in [2.75, 3.05) is 20.7 Å². The largest absolute Gasteiger partial charge is 0.375 e. The zero-order valence-electron chi connectivity index (χ0n) is 10.0. The highest BCUT2D eigenvalue weighted by Crippen LogP contribution is 2.27. The van der Waals surface area contributed by atoms with Gasteiger partial charge in [-0.1, -0.05) is 18.2 Å². The molecule has 0 saturated carbocycles. The first-order chi connectivity index (χ1) is 7.77. The summed E-state index contributed by atoms with van der Waals surface area (Å²) in [5.74, 6) is 0. The van der Waals surface area contributed by atoms with Gasteiger partial charge in [-0.2, -0.15) is 0 Å². The molecule has 0 radical (unpaired) electrons. The van der Waals surface area contributed by atoms with Crippen LogP contribution in [0.15, 0.2) is 30.5 Å². The predicted molar refractivity (Wildman–Crippen MR) is 66.6 cm³/mol. The van der Waals surface area contributed by atoms with Crippen LogP contribution >= 0.6 is 0 Å². The van der Waals surface area contributed by atoms with Gasteiger partial charge in [0.2, 0.25) is 0 Å². The molecule has 1 atom stereocenters. The summed E-state index contributed by atoms with van der Waals surface area (Å²) < 4.78 is 7.67. The fraction of sp³-hybridized carbons (Fsp3) is 0.385. The molecule has 1 unspecified atom stereocenters. The van der Waals surface area contributed by atoms with E-state index in [1.54, 1.807) is 7.11 Å². The highest BCUT2D eigenvalue weighted by atomic mass is 16.5. The fourth-order valence-electron chi connectivity index (χ4n) is 2.14. The molecule has 2 rings (SSSR count). The quantitative estimate of drug-likeness (QED) is 0.850. The van der Waals surface area contributed by atoms with Crippen LogP contribution in [0.3, 0.4) is 0 Å². The van der Waals surface area contributed by atoms with Crippen LogP contribution in [0.2, 0.25) is 0 Å². The molecular weight excluding hydrogens is 200 g/mol. The Kier molecular flexibility index (Phi) is 3.27. The summed E-state index contributed by atoms with van der Waals surface area (Å²) in [4.78, 5) is 0. The van der Waals surface area contributed by atoms with Gasteiger partial charge in [0.15, 0.2) is 0 Å². The van der Waals surface area contributed by atoms with Crippen LogP contribution in [0.25, 0.3) is 10.9 Å². The number of hydrogen-bond donors (Lipinski definition) is 1. The summed E-state index contributed by atoms with van der Waals surface area (Å²) in [6, 6.07) is 8.40. The molecule has 1 aromatic carbocycles. The van der Waals surface area contributed by atoms with Crippen LogP contribution in [-0.4, -0.2) is 25.3 Å². The molecule has 0 aliphatic heterocycles. The number of nitrogens with one attached hydrogen (secondary N) is 1. The molecule has 86 valence electrons. The van der Waals surface area contributed by atoms with E-state index in [2.05, 4.69) is 47.4 Å². The molecule has 0 aliphatic rings. The first kappa shape index (κ1) is 11.2. The number of methoxy groups -OCH3 is 1. The monoisotopic (exact) mass is 218 g/mol. The first-order valence-electron chi connectivity index (χ1n) is 5.49. The summed E-state index contributed by atoms with van der Waals surface area (Å²) in [6.07, 6.45) is 2.26. The maximum absolute atomic E-state index is 5.52. The SMILES string of the molecule is CNCC(OC)c1cn(C)c2ccccc12. The van der Waals surface area contributed by atoms with Crippen molar-refractivity contribution in [2.45, 2.75) is 6.10 Å². The molecule has 1 aromatic heterocycles. The van der Waals surface area contributed by atoms with Gasteiger partial charge in [-0.3, -0.25) is 0 Å². The second kappa shape index (κ2) is 4.68. The van der Waals surface area contributed by atoms with Gasteiger partial charge in [0, 0.05) is 43.4 Å². The maximum Gasteiger partial charge on any atom is 0.0965 e. The third-order valence-corrected chi connectivity index (χ3v) is 2.95. The minimum Gasteiger partial charge on any atom is -0.375 e. The molecule has 3 nitrogen and oxygen atoms in total. The van der Waals surface area contributed by atoms with E-state index in [1.165, 1.54) is 16.5 Å². The Labute approximate surface area is 96.0 Å². The number of hydrogen-bond acceptors (Lipinski definition) is 2. The van der Waals surface area contributed by atoms with E-state index in [1.807, 2.05) is 7.05 Å². The van der Waals surface area contributed by atoms with Crippen molar-refractivity contribution in [1.29, 1.82) is 0 Å². The zero-order chi connectivity index (χ0) is 11.5. The van der Waals surface area contributed by atoms with Crippen LogP contribution in [0.5, 0.6) is 0 Å². The van der Waals surface area contributed by atoms with Crippen molar-refractivity contribution in [3.05, 3.63) is 36.0 Å². The average Bonchev–Trinajstić information content (AvgIpc) is 2.65. The van der Waals surface area contributed by atoms with Crippen LogP contribution in [0.4, 0.5) is 0 Å². The third-order valence-electron chi connectivity index (χ3n) is 2.95. The minimum absolute atomic E-state index is 0.107. The lowest BCUT2D eigenvalue weighted by Gasteiger charge is -2.13. The van der Waals surface area contributed by atoms with E-state index in [9.17, 15) is 0 Å². The van der Waals surface area contributed by atoms with E-state index >= 15 is 0 Å². The molecular formula is C13H18N2O. The van der Waals surface area contributed by atoms with E-state index in [0.717, 1.165) is 6.54 Å². The number of fused-ring (bicyclic) bond motifs is 1. The van der Waals surface area contributed by atoms with E-state index in [4.69, 9.17) is 4.74 Å². The minimum atomic E-state index is 0.107. The fourth-order valence-corrected chi connectivity index (χ4v) is 2.14. The van der Waals surface area contributed by atoms with Crippen LogP contribution < -0.4 is 5.32 Å². The number of aryl methyl sites for hydroxylation is 1. The van der Waals surface area contributed by atoms with Crippen LogP contribution in [0, 0.1) is 0 Å². The highest BCUT2D eigenvalue weighted by molar-refractivity contribution is 5.84. The van der Waals surface area contributed by atoms with Gasteiger partial charge in [-0.25, -0.2) is 0 Å². The van der Waals surface area contributed by atoms with Crippen molar-refractivity contribution in [2.24, 2.45) is 7.05 Å². The lowest BCUT2D eigenvalue weighted by Crippen LogP contribution is -2.18. The molecule has 1 N–H and O–H groups in total. The zero-order valence-corrected chi connectivity index (χ0v) is 10.0. The Hall–Kier alpha value is -1.32. The molecule has 0 aliphatic carbocycles. The number of nitrogens with zero attached hydrogens (tertiary/aromatic N) is 1. The van der Waals surface area contributed by atoms with Crippen molar-refractivity contribution < 1.29 is 4.74 Å². The molecule has 16 heavy (non-hydrogen) atoms. The van der Waals surface area contributed by atoms with Gasteiger partial charge in [0.05, 0.1) is 6.10 Å². The Morgan fingerprint density at radius 1 is 1.38 bits per heavy atom. The number of likely N-dealkylation sites (N-methyl/N-ethyl adjacent to an activating group) is 1. The summed E-state index contributed by atoms with van der Waals surface area (Å²) in [5.41, 5.74) is 2.49. The summed E-state index contributed by atoms with van der Waals surface area (Å²) in [6.45, 7) is 0.824. The molecule has 0 saturated heterocycles. The summed E-state index contributed by atoms with van der Waals surface area (Å²) in [7, 11) is 5.76. The Balaban J connectivity index is 2.51. The first-order valence-corrected chi connectivity index (χ1v) is 5.49. The van der Waals surface area contributed by atoms with Crippen LogP contribution in [0.1, 0.15) is 11.7 Å². The van der Waals surface area contributed by atoms with Gasteiger partial charge >= 0.3 is 0 Å². The molecule has 1 heterocycles. The Morgan fingerprint density at radius 2 is 2.12 bits per heavy atom.